The highest BCUT2D eigenvalue weighted by Gasteiger charge is 2.07. The third kappa shape index (κ3) is 10.4. The standard InChI is InChI=1S/C14H31NO/c1-4-6-7-8-9-10-11-12-14(5-2)16-13(3)15/h13-14H,4-12,15H2,1-3H3. The van der Waals surface area contributed by atoms with E-state index in [2.05, 4.69) is 13.8 Å². The van der Waals surface area contributed by atoms with Gasteiger partial charge in [-0.1, -0.05) is 58.8 Å². The van der Waals surface area contributed by atoms with Crippen molar-refractivity contribution in [2.45, 2.75) is 90.9 Å². The highest BCUT2D eigenvalue weighted by molar-refractivity contribution is 4.57. The van der Waals surface area contributed by atoms with Gasteiger partial charge in [-0.2, -0.15) is 0 Å². The summed E-state index contributed by atoms with van der Waals surface area (Å²) < 4.78 is 5.62. The summed E-state index contributed by atoms with van der Waals surface area (Å²) in [5.74, 6) is 0. The van der Waals surface area contributed by atoms with E-state index in [4.69, 9.17) is 10.5 Å². The lowest BCUT2D eigenvalue weighted by Gasteiger charge is -2.18. The molecule has 16 heavy (non-hydrogen) atoms. The Balaban J connectivity index is 3.27. The number of nitrogens with two attached hydrogens (primary N) is 1. The normalized spacial score (nSPS) is 15.0. The molecule has 2 heteroatoms. The van der Waals surface area contributed by atoms with E-state index in [1.165, 1.54) is 51.4 Å². The number of hydrogen-bond donors (Lipinski definition) is 1. The fourth-order valence-electron chi connectivity index (χ4n) is 2.00. The second kappa shape index (κ2) is 11.4. The molecule has 0 spiro atoms. The number of rotatable bonds is 11. The van der Waals surface area contributed by atoms with E-state index < -0.39 is 0 Å². The molecule has 2 unspecified atom stereocenters. The average Bonchev–Trinajstić information content (AvgIpc) is 2.25. The minimum absolute atomic E-state index is 0.116. The zero-order valence-corrected chi connectivity index (χ0v) is 11.5. The summed E-state index contributed by atoms with van der Waals surface area (Å²) in [7, 11) is 0. The first-order valence-electron chi connectivity index (χ1n) is 7.11. The first-order valence-corrected chi connectivity index (χ1v) is 7.11. The van der Waals surface area contributed by atoms with E-state index in [-0.39, 0.29) is 6.23 Å². The summed E-state index contributed by atoms with van der Waals surface area (Å²) in [4.78, 5) is 0. The Morgan fingerprint density at radius 2 is 1.50 bits per heavy atom. The molecule has 0 aliphatic carbocycles. The molecule has 0 aromatic carbocycles. The molecule has 0 bridgehead atoms. The van der Waals surface area contributed by atoms with Crippen LogP contribution in [0.2, 0.25) is 0 Å². The Hall–Kier alpha value is -0.0800. The quantitative estimate of drug-likeness (QED) is 0.425. The molecule has 0 aliphatic rings. The third-order valence-corrected chi connectivity index (χ3v) is 2.99. The highest BCUT2D eigenvalue weighted by atomic mass is 16.5. The Bertz CT molecular complexity index is 137. The first kappa shape index (κ1) is 15.9. The van der Waals surface area contributed by atoms with Gasteiger partial charge in [-0.05, 0) is 19.8 Å². The molecule has 2 N–H and O–H groups in total. The van der Waals surface area contributed by atoms with Crippen molar-refractivity contribution in [3.63, 3.8) is 0 Å². The van der Waals surface area contributed by atoms with Crippen molar-refractivity contribution in [1.29, 1.82) is 0 Å². The molecule has 0 radical (unpaired) electrons. The molecule has 0 rings (SSSR count). The van der Waals surface area contributed by atoms with Gasteiger partial charge in [0.1, 0.15) is 6.23 Å². The predicted octanol–water partition coefficient (Wildman–Crippen LogP) is 4.23. The van der Waals surface area contributed by atoms with Crippen LogP contribution >= 0.6 is 0 Å². The van der Waals surface area contributed by atoms with Gasteiger partial charge in [0.25, 0.3) is 0 Å². The number of unbranched alkanes of at least 4 members (excludes halogenated alkanes) is 6. The lowest BCUT2D eigenvalue weighted by atomic mass is 10.1. The van der Waals surface area contributed by atoms with Crippen LogP contribution in [0.25, 0.3) is 0 Å². The fourth-order valence-corrected chi connectivity index (χ4v) is 2.00. The van der Waals surface area contributed by atoms with Crippen LogP contribution < -0.4 is 5.73 Å². The fraction of sp³-hybridized carbons (Fsp3) is 1.00. The molecule has 2 atom stereocenters. The van der Waals surface area contributed by atoms with Crippen LogP contribution in [0.4, 0.5) is 0 Å². The Labute approximate surface area is 102 Å². The molecule has 0 amide bonds. The van der Waals surface area contributed by atoms with Crippen LogP contribution in [0, 0.1) is 0 Å². The summed E-state index contributed by atoms with van der Waals surface area (Å²) in [6, 6.07) is 0. The summed E-state index contributed by atoms with van der Waals surface area (Å²) in [6.07, 6.45) is 12.1. The number of hydrogen-bond acceptors (Lipinski definition) is 2. The molecule has 0 fully saturated rings. The van der Waals surface area contributed by atoms with Gasteiger partial charge >= 0.3 is 0 Å². The van der Waals surface area contributed by atoms with E-state index in [9.17, 15) is 0 Å². The zero-order chi connectivity index (χ0) is 12.2. The molecule has 98 valence electrons. The maximum absolute atomic E-state index is 5.63. The SMILES string of the molecule is CCCCCCCCCC(CC)OC(C)N. The Kier molecular flexibility index (Phi) is 11.3. The monoisotopic (exact) mass is 229 g/mol. The summed E-state index contributed by atoms with van der Waals surface area (Å²) in [6.45, 7) is 6.35. The molecule has 0 aromatic rings. The van der Waals surface area contributed by atoms with Crippen molar-refractivity contribution in [1.82, 2.24) is 0 Å². The van der Waals surface area contributed by atoms with Gasteiger partial charge in [-0.25, -0.2) is 0 Å². The molecule has 0 saturated carbocycles. The molecule has 0 heterocycles. The van der Waals surface area contributed by atoms with E-state index in [0.29, 0.717) is 6.10 Å². The topological polar surface area (TPSA) is 35.2 Å². The molecular formula is C14H31NO. The highest BCUT2D eigenvalue weighted by Crippen LogP contribution is 2.13. The van der Waals surface area contributed by atoms with Crippen molar-refractivity contribution in [3.05, 3.63) is 0 Å². The van der Waals surface area contributed by atoms with E-state index in [1.807, 2.05) is 6.92 Å². The van der Waals surface area contributed by atoms with Crippen molar-refractivity contribution in [3.8, 4) is 0 Å². The lowest BCUT2D eigenvalue weighted by Crippen LogP contribution is -2.26. The second-order valence-electron chi connectivity index (χ2n) is 4.78. The van der Waals surface area contributed by atoms with E-state index >= 15 is 0 Å². The predicted molar refractivity (Wildman–Crippen MR) is 71.4 cm³/mol. The molecule has 2 nitrogen and oxygen atoms in total. The van der Waals surface area contributed by atoms with Gasteiger partial charge in [0.15, 0.2) is 0 Å². The summed E-state index contributed by atoms with van der Waals surface area (Å²) >= 11 is 0. The molecule has 0 aliphatic heterocycles. The van der Waals surface area contributed by atoms with Gasteiger partial charge in [-0.3, -0.25) is 0 Å². The Morgan fingerprint density at radius 3 is 2.00 bits per heavy atom. The summed E-state index contributed by atoms with van der Waals surface area (Å²) in [5, 5.41) is 0. The van der Waals surface area contributed by atoms with Crippen LogP contribution in [0.1, 0.15) is 78.6 Å². The average molecular weight is 229 g/mol. The second-order valence-corrected chi connectivity index (χ2v) is 4.78. The van der Waals surface area contributed by atoms with Gasteiger partial charge < -0.3 is 10.5 Å². The third-order valence-electron chi connectivity index (χ3n) is 2.99. The van der Waals surface area contributed by atoms with E-state index in [1.54, 1.807) is 0 Å². The lowest BCUT2D eigenvalue weighted by molar-refractivity contribution is -0.00609. The minimum Gasteiger partial charge on any atom is -0.361 e. The molecule has 0 saturated heterocycles. The zero-order valence-electron chi connectivity index (χ0n) is 11.5. The van der Waals surface area contributed by atoms with Crippen LogP contribution in [-0.4, -0.2) is 12.3 Å². The van der Waals surface area contributed by atoms with Crippen LogP contribution in [0.3, 0.4) is 0 Å². The van der Waals surface area contributed by atoms with E-state index in [0.717, 1.165) is 6.42 Å². The largest absolute Gasteiger partial charge is 0.361 e. The van der Waals surface area contributed by atoms with Crippen molar-refractivity contribution in [2.24, 2.45) is 5.73 Å². The van der Waals surface area contributed by atoms with Gasteiger partial charge in [0.2, 0.25) is 0 Å². The number of ether oxygens (including phenoxy) is 1. The van der Waals surface area contributed by atoms with Crippen LogP contribution in [-0.2, 0) is 4.74 Å². The van der Waals surface area contributed by atoms with Crippen LogP contribution in [0.5, 0.6) is 0 Å². The Morgan fingerprint density at radius 1 is 0.938 bits per heavy atom. The molecule has 0 aromatic heterocycles. The minimum atomic E-state index is -0.116. The van der Waals surface area contributed by atoms with Crippen molar-refractivity contribution < 1.29 is 4.74 Å². The van der Waals surface area contributed by atoms with Gasteiger partial charge in [0.05, 0.1) is 6.10 Å². The van der Waals surface area contributed by atoms with Crippen LogP contribution in [0.15, 0.2) is 0 Å². The first-order chi connectivity index (χ1) is 7.70. The molecular weight excluding hydrogens is 198 g/mol. The van der Waals surface area contributed by atoms with Crippen molar-refractivity contribution >= 4 is 0 Å². The smallest absolute Gasteiger partial charge is 0.103 e. The maximum atomic E-state index is 5.63. The van der Waals surface area contributed by atoms with Gasteiger partial charge in [-0.15, -0.1) is 0 Å². The van der Waals surface area contributed by atoms with Gasteiger partial charge in [0, 0.05) is 0 Å². The maximum Gasteiger partial charge on any atom is 0.103 e. The summed E-state index contributed by atoms with van der Waals surface area (Å²) in [5.41, 5.74) is 5.63. The van der Waals surface area contributed by atoms with Crippen molar-refractivity contribution in [2.75, 3.05) is 0 Å².